The Labute approximate surface area is 115 Å². The van der Waals surface area contributed by atoms with Crippen molar-refractivity contribution in [2.75, 3.05) is 0 Å². The highest BCUT2D eigenvalue weighted by atomic mass is 79.9. The number of hydrogen-bond acceptors (Lipinski definition) is 2. The monoisotopic (exact) mass is 303 g/mol. The van der Waals surface area contributed by atoms with Crippen LogP contribution in [0.1, 0.15) is 18.1 Å². The summed E-state index contributed by atoms with van der Waals surface area (Å²) in [6.07, 6.45) is 0. The smallest absolute Gasteiger partial charge is 0.142 e. The second-order valence-corrected chi connectivity index (χ2v) is 4.86. The minimum atomic E-state index is 0.495. The van der Waals surface area contributed by atoms with Gasteiger partial charge < -0.3 is 4.84 Å². The van der Waals surface area contributed by atoms with Crippen LogP contribution in [0.4, 0.5) is 0 Å². The number of hydrogen-bond donors (Lipinski definition) is 0. The largest absolute Gasteiger partial charge is 0.391 e. The molecule has 0 aliphatic rings. The first-order valence-corrected chi connectivity index (χ1v) is 6.51. The molecule has 3 heteroatoms. The molecule has 2 aromatic carbocycles. The van der Waals surface area contributed by atoms with Crippen LogP contribution in [0.25, 0.3) is 0 Å². The summed E-state index contributed by atoms with van der Waals surface area (Å²) in [7, 11) is 0. The summed E-state index contributed by atoms with van der Waals surface area (Å²) in [4.78, 5) is 5.34. The fourth-order valence-electron chi connectivity index (χ4n) is 1.52. The molecule has 92 valence electrons. The van der Waals surface area contributed by atoms with Gasteiger partial charge in [0, 0.05) is 4.47 Å². The second kappa shape index (κ2) is 6.36. The predicted molar refractivity (Wildman–Crippen MR) is 77.6 cm³/mol. The first-order valence-electron chi connectivity index (χ1n) is 5.72. The van der Waals surface area contributed by atoms with Gasteiger partial charge in [0.05, 0.1) is 5.71 Å². The number of nitrogens with zero attached hydrogens (tertiary/aromatic N) is 1. The Morgan fingerprint density at radius 2 is 1.72 bits per heavy atom. The molecule has 0 atom stereocenters. The van der Waals surface area contributed by atoms with E-state index in [2.05, 4.69) is 21.1 Å². The summed E-state index contributed by atoms with van der Waals surface area (Å²) < 4.78 is 1.06. The fourth-order valence-corrected chi connectivity index (χ4v) is 1.79. The van der Waals surface area contributed by atoms with Gasteiger partial charge >= 0.3 is 0 Å². The van der Waals surface area contributed by atoms with E-state index in [1.165, 1.54) is 0 Å². The van der Waals surface area contributed by atoms with Crippen LogP contribution >= 0.6 is 15.9 Å². The Kier molecular flexibility index (Phi) is 4.53. The normalized spacial score (nSPS) is 11.3. The molecule has 0 bridgehead atoms. The van der Waals surface area contributed by atoms with Crippen molar-refractivity contribution in [1.82, 2.24) is 0 Å². The van der Waals surface area contributed by atoms with Crippen molar-refractivity contribution < 1.29 is 4.84 Å². The van der Waals surface area contributed by atoms with Crippen molar-refractivity contribution in [1.29, 1.82) is 0 Å². The Balaban J connectivity index is 1.95. The Hall–Kier alpha value is -1.61. The van der Waals surface area contributed by atoms with Gasteiger partial charge in [0.15, 0.2) is 0 Å². The molecule has 0 N–H and O–H groups in total. The van der Waals surface area contributed by atoms with Gasteiger partial charge in [-0.1, -0.05) is 63.6 Å². The van der Waals surface area contributed by atoms with E-state index in [4.69, 9.17) is 4.84 Å². The van der Waals surface area contributed by atoms with E-state index in [0.29, 0.717) is 6.61 Å². The number of halogens is 1. The minimum absolute atomic E-state index is 0.495. The molecule has 2 nitrogen and oxygen atoms in total. The molecule has 0 heterocycles. The van der Waals surface area contributed by atoms with Gasteiger partial charge in [-0.05, 0) is 30.2 Å². The Bertz CT molecular complexity index is 520. The third kappa shape index (κ3) is 3.70. The van der Waals surface area contributed by atoms with Crippen LogP contribution in [0.15, 0.2) is 64.2 Å². The van der Waals surface area contributed by atoms with Gasteiger partial charge in [-0.25, -0.2) is 0 Å². The molecule has 2 rings (SSSR count). The molecule has 0 unspecified atom stereocenters. The van der Waals surface area contributed by atoms with E-state index in [9.17, 15) is 0 Å². The Morgan fingerprint density at radius 3 is 2.39 bits per heavy atom. The second-order valence-electron chi connectivity index (χ2n) is 3.94. The lowest BCUT2D eigenvalue weighted by Gasteiger charge is -2.03. The zero-order valence-electron chi connectivity index (χ0n) is 10.1. The van der Waals surface area contributed by atoms with Gasteiger partial charge in [0.1, 0.15) is 6.61 Å². The lowest BCUT2D eigenvalue weighted by molar-refractivity contribution is 0.130. The summed E-state index contributed by atoms with van der Waals surface area (Å²) in [5.74, 6) is 0. The molecule has 0 radical (unpaired) electrons. The molecule has 0 amide bonds. The molecule has 0 fully saturated rings. The van der Waals surface area contributed by atoms with Crippen LogP contribution in [0, 0.1) is 0 Å². The maximum absolute atomic E-state index is 5.34. The van der Waals surface area contributed by atoms with Crippen LogP contribution in [0.5, 0.6) is 0 Å². The van der Waals surface area contributed by atoms with Gasteiger partial charge in [0.25, 0.3) is 0 Å². The van der Waals surface area contributed by atoms with E-state index in [1.807, 2.05) is 61.5 Å². The van der Waals surface area contributed by atoms with Gasteiger partial charge in [-0.2, -0.15) is 0 Å². The topological polar surface area (TPSA) is 21.6 Å². The van der Waals surface area contributed by atoms with Crippen molar-refractivity contribution in [3.05, 3.63) is 70.2 Å². The van der Waals surface area contributed by atoms with Crippen molar-refractivity contribution in [2.45, 2.75) is 13.5 Å². The third-order valence-corrected chi connectivity index (χ3v) is 3.07. The van der Waals surface area contributed by atoms with E-state index in [1.54, 1.807) is 0 Å². The predicted octanol–water partition coefficient (Wildman–Crippen LogP) is 4.39. The molecular weight excluding hydrogens is 290 g/mol. The lowest BCUT2D eigenvalue weighted by Crippen LogP contribution is -1.96. The number of benzene rings is 2. The third-order valence-electron chi connectivity index (χ3n) is 2.54. The van der Waals surface area contributed by atoms with Crippen LogP contribution in [0.3, 0.4) is 0 Å². The number of rotatable bonds is 4. The van der Waals surface area contributed by atoms with Crippen LogP contribution in [-0.2, 0) is 11.4 Å². The first kappa shape index (κ1) is 12.8. The summed E-state index contributed by atoms with van der Waals surface area (Å²) >= 11 is 3.41. The van der Waals surface area contributed by atoms with Crippen LogP contribution in [-0.4, -0.2) is 5.71 Å². The zero-order valence-corrected chi connectivity index (χ0v) is 11.7. The summed E-state index contributed by atoms with van der Waals surface area (Å²) in [5, 5.41) is 4.12. The quantitative estimate of drug-likeness (QED) is 0.606. The zero-order chi connectivity index (χ0) is 12.8. The maximum Gasteiger partial charge on any atom is 0.142 e. The maximum atomic E-state index is 5.34. The summed E-state index contributed by atoms with van der Waals surface area (Å²) in [6.45, 7) is 2.43. The SMILES string of the molecule is C/C(=N\OCc1ccccc1)c1ccc(Br)cc1. The molecular formula is C15H14BrNO. The minimum Gasteiger partial charge on any atom is -0.391 e. The van der Waals surface area contributed by atoms with E-state index in [-0.39, 0.29) is 0 Å². The highest BCUT2D eigenvalue weighted by molar-refractivity contribution is 9.10. The van der Waals surface area contributed by atoms with E-state index < -0.39 is 0 Å². The fraction of sp³-hybridized carbons (Fsp3) is 0.133. The standard InChI is InChI=1S/C15H14BrNO/c1-12(14-7-9-15(16)10-8-14)17-18-11-13-5-3-2-4-6-13/h2-10H,11H2,1H3/b17-12+. The first-order chi connectivity index (χ1) is 8.75. The van der Waals surface area contributed by atoms with Crippen molar-refractivity contribution in [3.8, 4) is 0 Å². The summed E-state index contributed by atoms with van der Waals surface area (Å²) in [5.41, 5.74) is 3.05. The van der Waals surface area contributed by atoms with Gasteiger partial charge in [0.2, 0.25) is 0 Å². The molecule has 0 aliphatic heterocycles. The Morgan fingerprint density at radius 1 is 1.06 bits per heavy atom. The van der Waals surface area contributed by atoms with Gasteiger partial charge in [-0.3, -0.25) is 0 Å². The van der Waals surface area contributed by atoms with Crippen LogP contribution in [0.2, 0.25) is 0 Å². The van der Waals surface area contributed by atoms with Crippen molar-refractivity contribution >= 4 is 21.6 Å². The average Bonchev–Trinajstić information content (AvgIpc) is 2.40. The highest BCUT2D eigenvalue weighted by Crippen LogP contribution is 2.11. The van der Waals surface area contributed by atoms with E-state index >= 15 is 0 Å². The average molecular weight is 304 g/mol. The number of oxime groups is 1. The molecule has 0 saturated heterocycles. The molecule has 0 saturated carbocycles. The highest BCUT2D eigenvalue weighted by Gasteiger charge is 1.98. The van der Waals surface area contributed by atoms with E-state index in [0.717, 1.165) is 21.3 Å². The van der Waals surface area contributed by atoms with Gasteiger partial charge in [-0.15, -0.1) is 0 Å². The molecule has 2 aromatic rings. The van der Waals surface area contributed by atoms with Crippen molar-refractivity contribution in [2.24, 2.45) is 5.16 Å². The molecule has 0 aromatic heterocycles. The van der Waals surface area contributed by atoms with Crippen LogP contribution < -0.4 is 0 Å². The lowest BCUT2D eigenvalue weighted by atomic mass is 10.1. The molecule has 0 aliphatic carbocycles. The van der Waals surface area contributed by atoms with Crippen molar-refractivity contribution in [3.63, 3.8) is 0 Å². The molecule has 0 spiro atoms. The molecule has 18 heavy (non-hydrogen) atoms. The summed E-state index contributed by atoms with van der Waals surface area (Å²) in [6, 6.07) is 18.0.